The highest BCUT2D eigenvalue weighted by molar-refractivity contribution is 6.30. The van der Waals surface area contributed by atoms with Gasteiger partial charge in [0.2, 0.25) is 0 Å². The van der Waals surface area contributed by atoms with Crippen LogP contribution in [0.15, 0.2) is 48.5 Å². The number of aliphatic carboxylic acids is 1. The molecule has 0 aliphatic heterocycles. The average molecular weight is 305 g/mol. The van der Waals surface area contributed by atoms with Crippen molar-refractivity contribution in [3.05, 3.63) is 70.2 Å². The predicted molar refractivity (Wildman–Crippen MR) is 82.4 cm³/mol. The van der Waals surface area contributed by atoms with Crippen molar-refractivity contribution in [3.63, 3.8) is 0 Å². The van der Waals surface area contributed by atoms with Crippen molar-refractivity contribution in [1.82, 2.24) is 0 Å². The van der Waals surface area contributed by atoms with E-state index in [9.17, 15) is 4.79 Å². The summed E-state index contributed by atoms with van der Waals surface area (Å²) in [5.74, 6) is -1.31. The van der Waals surface area contributed by atoms with Crippen molar-refractivity contribution in [2.75, 3.05) is 0 Å². The van der Waals surface area contributed by atoms with Crippen molar-refractivity contribution < 1.29 is 14.6 Å². The monoisotopic (exact) mass is 304 g/mol. The Hall–Kier alpha value is -1.84. The van der Waals surface area contributed by atoms with Crippen LogP contribution in [0.25, 0.3) is 0 Å². The van der Waals surface area contributed by atoms with E-state index < -0.39 is 11.9 Å². The van der Waals surface area contributed by atoms with Gasteiger partial charge in [-0.2, -0.15) is 0 Å². The summed E-state index contributed by atoms with van der Waals surface area (Å²) in [4.78, 5) is 10.9. The van der Waals surface area contributed by atoms with Crippen LogP contribution in [0.5, 0.6) is 0 Å². The molecule has 2 aromatic carbocycles. The number of halogens is 1. The van der Waals surface area contributed by atoms with Crippen molar-refractivity contribution in [2.24, 2.45) is 0 Å². The third-order valence-electron chi connectivity index (χ3n) is 3.30. The standard InChI is InChI=1S/C17H17ClO3/c1-12(17(19)20)15-6-2-13(3-7-15)10-21-11-14-4-8-16(18)9-5-14/h2-9,12H,10-11H2,1H3,(H,19,20). The van der Waals surface area contributed by atoms with E-state index in [0.717, 1.165) is 16.7 Å². The molecule has 3 nitrogen and oxygen atoms in total. The van der Waals surface area contributed by atoms with Crippen molar-refractivity contribution >= 4 is 17.6 Å². The summed E-state index contributed by atoms with van der Waals surface area (Å²) >= 11 is 5.82. The fourth-order valence-electron chi connectivity index (χ4n) is 1.91. The normalized spacial score (nSPS) is 12.1. The quantitative estimate of drug-likeness (QED) is 0.868. The summed E-state index contributed by atoms with van der Waals surface area (Å²) < 4.78 is 5.63. The number of hydrogen-bond acceptors (Lipinski definition) is 2. The SMILES string of the molecule is CC(C(=O)O)c1ccc(COCc2ccc(Cl)cc2)cc1. The molecule has 2 rings (SSSR count). The van der Waals surface area contributed by atoms with Gasteiger partial charge in [0.25, 0.3) is 0 Å². The number of carboxylic acids is 1. The van der Waals surface area contributed by atoms with Crippen molar-refractivity contribution in [3.8, 4) is 0 Å². The highest BCUT2D eigenvalue weighted by Gasteiger charge is 2.12. The summed E-state index contributed by atoms with van der Waals surface area (Å²) in [6.07, 6.45) is 0. The Morgan fingerprint density at radius 1 is 1.05 bits per heavy atom. The maximum atomic E-state index is 10.9. The van der Waals surface area contributed by atoms with Gasteiger partial charge in [0, 0.05) is 5.02 Å². The lowest BCUT2D eigenvalue weighted by Crippen LogP contribution is -2.07. The van der Waals surface area contributed by atoms with E-state index >= 15 is 0 Å². The van der Waals surface area contributed by atoms with Crippen LogP contribution >= 0.6 is 11.6 Å². The number of rotatable bonds is 6. The van der Waals surface area contributed by atoms with Crippen LogP contribution in [0.3, 0.4) is 0 Å². The third kappa shape index (κ3) is 4.59. The number of carbonyl (C=O) groups is 1. The summed E-state index contributed by atoms with van der Waals surface area (Å²) in [6.45, 7) is 2.68. The zero-order chi connectivity index (χ0) is 15.2. The second kappa shape index (κ2) is 7.25. The molecule has 0 fully saturated rings. The average Bonchev–Trinajstić information content (AvgIpc) is 2.49. The van der Waals surface area contributed by atoms with Crippen LogP contribution < -0.4 is 0 Å². The molecule has 0 bridgehead atoms. The number of hydrogen-bond donors (Lipinski definition) is 1. The minimum Gasteiger partial charge on any atom is -0.481 e. The van der Waals surface area contributed by atoms with Gasteiger partial charge in [-0.3, -0.25) is 4.79 Å². The molecule has 1 N–H and O–H groups in total. The van der Waals surface area contributed by atoms with Gasteiger partial charge in [-0.15, -0.1) is 0 Å². The largest absolute Gasteiger partial charge is 0.481 e. The first-order valence-corrected chi connectivity index (χ1v) is 7.08. The highest BCUT2D eigenvalue weighted by Crippen LogP contribution is 2.17. The van der Waals surface area contributed by atoms with Crippen LogP contribution in [0.2, 0.25) is 5.02 Å². The lowest BCUT2D eigenvalue weighted by molar-refractivity contribution is -0.138. The van der Waals surface area contributed by atoms with Gasteiger partial charge in [0.1, 0.15) is 0 Å². The Balaban J connectivity index is 1.86. The van der Waals surface area contributed by atoms with E-state index in [1.807, 2.05) is 48.5 Å². The molecular weight excluding hydrogens is 288 g/mol. The van der Waals surface area contributed by atoms with Gasteiger partial charge in [-0.05, 0) is 35.7 Å². The molecule has 0 spiro atoms. The van der Waals surface area contributed by atoms with Crippen LogP contribution in [-0.4, -0.2) is 11.1 Å². The van der Waals surface area contributed by atoms with Crippen LogP contribution in [0.4, 0.5) is 0 Å². The topological polar surface area (TPSA) is 46.5 Å². The van der Waals surface area contributed by atoms with Gasteiger partial charge >= 0.3 is 5.97 Å². The molecule has 0 saturated carbocycles. The predicted octanol–water partition coefficient (Wildman–Crippen LogP) is 4.24. The molecule has 1 atom stereocenters. The molecule has 0 aromatic heterocycles. The molecule has 4 heteroatoms. The Morgan fingerprint density at radius 2 is 1.52 bits per heavy atom. The Bertz CT molecular complexity index is 590. The summed E-state index contributed by atoms with van der Waals surface area (Å²) in [6, 6.07) is 15.0. The molecular formula is C17H17ClO3. The lowest BCUT2D eigenvalue weighted by atomic mass is 10.0. The van der Waals surface area contributed by atoms with E-state index in [0.29, 0.717) is 18.2 Å². The Kier molecular flexibility index (Phi) is 5.37. The molecule has 21 heavy (non-hydrogen) atoms. The van der Waals surface area contributed by atoms with E-state index in [1.54, 1.807) is 6.92 Å². The fourth-order valence-corrected chi connectivity index (χ4v) is 2.04. The van der Waals surface area contributed by atoms with E-state index in [4.69, 9.17) is 21.4 Å². The van der Waals surface area contributed by atoms with Crippen LogP contribution in [0.1, 0.15) is 29.5 Å². The molecule has 2 aromatic rings. The molecule has 0 amide bonds. The lowest BCUT2D eigenvalue weighted by Gasteiger charge is -2.08. The van der Waals surface area contributed by atoms with E-state index in [1.165, 1.54) is 0 Å². The summed E-state index contributed by atoms with van der Waals surface area (Å²) in [5.41, 5.74) is 2.88. The van der Waals surface area contributed by atoms with Crippen LogP contribution in [0, 0.1) is 0 Å². The molecule has 0 aliphatic carbocycles. The molecule has 0 radical (unpaired) electrons. The van der Waals surface area contributed by atoms with Gasteiger partial charge in [-0.25, -0.2) is 0 Å². The summed E-state index contributed by atoms with van der Waals surface area (Å²) in [7, 11) is 0. The third-order valence-corrected chi connectivity index (χ3v) is 3.55. The van der Waals surface area contributed by atoms with Gasteiger partial charge in [-0.1, -0.05) is 48.0 Å². The fraction of sp³-hybridized carbons (Fsp3) is 0.235. The molecule has 1 unspecified atom stereocenters. The maximum Gasteiger partial charge on any atom is 0.310 e. The van der Waals surface area contributed by atoms with E-state index in [-0.39, 0.29) is 0 Å². The van der Waals surface area contributed by atoms with Gasteiger partial charge in [0.15, 0.2) is 0 Å². The smallest absolute Gasteiger partial charge is 0.310 e. The minimum atomic E-state index is -0.818. The highest BCUT2D eigenvalue weighted by atomic mass is 35.5. The first-order valence-electron chi connectivity index (χ1n) is 6.70. The second-order valence-electron chi connectivity index (χ2n) is 4.92. The maximum absolute atomic E-state index is 10.9. The molecule has 0 heterocycles. The zero-order valence-electron chi connectivity index (χ0n) is 11.8. The van der Waals surface area contributed by atoms with E-state index in [2.05, 4.69) is 0 Å². The van der Waals surface area contributed by atoms with Gasteiger partial charge < -0.3 is 9.84 Å². The Labute approximate surface area is 129 Å². The molecule has 0 saturated heterocycles. The van der Waals surface area contributed by atoms with Crippen molar-refractivity contribution in [2.45, 2.75) is 26.1 Å². The first kappa shape index (κ1) is 15.5. The summed E-state index contributed by atoms with van der Waals surface area (Å²) in [5, 5.41) is 9.67. The molecule has 0 aliphatic rings. The second-order valence-corrected chi connectivity index (χ2v) is 5.36. The van der Waals surface area contributed by atoms with Gasteiger partial charge in [0.05, 0.1) is 19.1 Å². The number of carboxylic acid groups (broad SMARTS) is 1. The molecule has 110 valence electrons. The zero-order valence-corrected chi connectivity index (χ0v) is 12.5. The van der Waals surface area contributed by atoms with Crippen molar-refractivity contribution in [1.29, 1.82) is 0 Å². The van der Waals surface area contributed by atoms with Crippen LogP contribution in [-0.2, 0) is 22.7 Å². The minimum absolute atomic E-state index is 0.490. The number of ether oxygens (including phenoxy) is 1. The Morgan fingerprint density at radius 3 is 2.00 bits per heavy atom. The first-order chi connectivity index (χ1) is 10.1. The number of benzene rings is 2.